The van der Waals surface area contributed by atoms with Crippen LogP contribution in [0, 0.1) is 12.8 Å². The molecule has 0 aliphatic carbocycles. The SMILES string of the molecule is COCCOCCN1C[C@@H](Cc2cc(C)[nH]n2)[C@@H](O)C1. The Labute approximate surface area is 120 Å². The van der Waals surface area contributed by atoms with Gasteiger partial charge < -0.3 is 14.6 Å². The van der Waals surface area contributed by atoms with Crippen molar-refractivity contribution in [2.24, 2.45) is 5.92 Å². The Hall–Kier alpha value is -0.950. The molecule has 0 bridgehead atoms. The molecule has 0 saturated carbocycles. The number of aryl methyl sites for hydroxylation is 1. The number of aliphatic hydroxyl groups excluding tert-OH is 1. The van der Waals surface area contributed by atoms with E-state index in [4.69, 9.17) is 9.47 Å². The smallest absolute Gasteiger partial charge is 0.0711 e. The molecule has 20 heavy (non-hydrogen) atoms. The molecule has 2 rings (SSSR count). The highest BCUT2D eigenvalue weighted by Crippen LogP contribution is 2.20. The van der Waals surface area contributed by atoms with Gasteiger partial charge in [0.1, 0.15) is 0 Å². The molecule has 1 aromatic rings. The summed E-state index contributed by atoms with van der Waals surface area (Å²) >= 11 is 0. The Morgan fingerprint density at radius 1 is 1.40 bits per heavy atom. The number of H-pyrrole nitrogens is 1. The van der Waals surface area contributed by atoms with Gasteiger partial charge in [0.25, 0.3) is 0 Å². The summed E-state index contributed by atoms with van der Waals surface area (Å²) in [6.07, 6.45) is 0.554. The van der Waals surface area contributed by atoms with Crippen LogP contribution in [0.25, 0.3) is 0 Å². The summed E-state index contributed by atoms with van der Waals surface area (Å²) in [6.45, 7) is 6.42. The lowest BCUT2D eigenvalue weighted by atomic mass is 10.0. The molecule has 2 N–H and O–H groups in total. The van der Waals surface area contributed by atoms with Gasteiger partial charge in [-0.1, -0.05) is 0 Å². The minimum absolute atomic E-state index is 0.261. The van der Waals surface area contributed by atoms with Crippen molar-refractivity contribution in [1.29, 1.82) is 0 Å². The molecule has 2 atom stereocenters. The second-order valence-corrected chi connectivity index (χ2v) is 5.44. The third kappa shape index (κ3) is 4.56. The number of nitrogens with zero attached hydrogens (tertiary/aromatic N) is 2. The molecule has 0 aromatic carbocycles. The minimum Gasteiger partial charge on any atom is -0.391 e. The normalized spacial score (nSPS) is 23.6. The van der Waals surface area contributed by atoms with Crippen molar-refractivity contribution in [3.8, 4) is 0 Å². The Balaban J connectivity index is 1.69. The molecule has 1 aliphatic heterocycles. The van der Waals surface area contributed by atoms with Crippen molar-refractivity contribution in [2.75, 3.05) is 46.6 Å². The first-order valence-corrected chi connectivity index (χ1v) is 7.17. The van der Waals surface area contributed by atoms with Gasteiger partial charge in [-0.3, -0.25) is 10.00 Å². The number of nitrogens with one attached hydrogen (secondary N) is 1. The third-order valence-electron chi connectivity index (χ3n) is 3.70. The molecule has 6 nitrogen and oxygen atoms in total. The van der Waals surface area contributed by atoms with Crippen LogP contribution in [-0.4, -0.2) is 72.9 Å². The van der Waals surface area contributed by atoms with Crippen molar-refractivity contribution >= 4 is 0 Å². The molecule has 0 unspecified atom stereocenters. The van der Waals surface area contributed by atoms with Crippen LogP contribution in [0.1, 0.15) is 11.4 Å². The topological polar surface area (TPSA) is 70.6 Å². The van der Waals surface area contributed by atoms with Crippen LogP contribution in [0.5, 0.6) is 0 Å². The Bertz CT molecular complexity index is 397. The highest BCUT2D eigenvalue weighted by Gasteiger charge is 2.31. The minimum atomic E-state index is -0.272. The molecule has 1 saturated heterocycles. The number of ether oxygens (including phenoxy) is 2. The third-order valence-corrected chi connectivity index (χ3v) is 3.70. The lowest BCUT2D eigenvalue weighted by Gasteiger charge is -2.15. The molecular weight excluding hydrogens is 258 g/mol. The van der Waals surface area contributed by atoms with E-state index in [2.05, 4.69) is 15.1 Å². The number of hydrogen-bond donors (Lipinski definition) is 2. The lowest BCUT2D eigenvalue weighted by molar-refractivity contribution is 0.0584. The van der Waals surface area contributed by atoms with Gasteiger partial charge >= 0.3 is 0 Å². The maximum atomic E-state index is 10.1. The van der Waals surface area contributed by atoms with E-state index in [1.165, 1.54) is 0 Å². The highest BCUT2D eigenvalue weighted by molar-refractivity contribution is 5.08. The van der Waals surface area contributed by atoms with E-state index in [0.717, 1.165) is 37.4 Å². The van der Waals surface area contributed by atoms with Crippen LogP contribution in [0.2, 0.25) is 0 Å². The monoisotopic (exact) mass is 283 g/mol. The lowest BCUT2D eigenvalue weighted by Crippen LogP contribution is -2.26. The molecule has 114 valence electrons. The summed E-state index contributed by atoms with van der Waals surface area (Å²) < 4.78 is 10.4. The predicted molar refractivity (Wildman–Crippen MR) is 75.7 cm³/mol. The molecule has 2 heterocycles. The van der Waals surface area contributed by atoms with Crippen molar-refractivity contribution in [3.05, 3.63) is 17.5 Å². The Kier molecular flexibility index (Phi) is 5.97. The van der Waals surface area contributed by atoms with E-state index < -0.39 is 0 Å². The number of β-amino-alcohol motifs (C(OH)–C–C–N with tert-alkyl or cyclic N) is 1. The van der Waals surface area contributed by atoms with E-state index in [1.807, 2.05) is 13.0 Å². The molecule has 0 radical (unpaired) electrons. The fourth-order valence-electron chi connectivity index (χ4n) is 2.61. The summed E-state index contributed by atoms with van der Waals surface area (Å²) in [5.74, 6) is 0.261. The number of aromatic nitrogens is 2. The molecule has 0 spiro atoms. The average Bonchev–Trinajstić information content (AvgIpc) is 2.97. The summed E-state index contributed by atoms with van der Waals surface area (Å²) in [4.78, 5) is 2.25. The molecule has 0 amide bonds. The summed E-state index contributed by atoms with van der Waals surface area (Å²) in [6, 6.07) is 2.04. The van der Waals surface area contributed by atoms with Crippen LogP contribution in [0.3, 0.4) is 0 Å². The maximum Gasteiger partial charge on any atom is 0.0711 e. The zero-order valence-electron chi connectivity index (χ0n) is 12.3. The van der Waals surface area contributed by atoms with Gasteiger partial charge in [-0.15, -0.1) is 0 Å². The fourth-order valence-corrected chi connectivity index (χ4v) is 2.61. The number of rotatable bonds is 8. The Morgan fingerprint density at radius 2 is 2.25 bits per heavy atom. The predicted octanol–water partition coefficient (Wildman–Crippen LogP) is 0.216. The average molecular weight is 283 g/mol. The zero-order valence-corrected chi connectivity index (χ0v) is 12.3. The largest absolute Gasteiger partial charge is 0.391 e. The van der Waals surface area contributed by atoms with Crippen LogP contribution in [-0.2, 0) is 15.9 Å². The summed E-state index contributed by atoms with van der Waals surface area (Å²) in [5.41, 5.74) is 2.10. The summed E-state index contributed by atoms with van der Waals surface area (Å²) in [5, 5.41) is 17.3. The second kappa shape index (κ2) is 7.73. The van der Waals surface area contributed by atoms with E-state index >= 15 is 0 Å². The van der Waals surface area contributed by atoms with E-state index in [1.54, 1.807) is 7.11 Å². The number of aliphatic hydroxyl groups is 1. The van der Waals surface area contributed by atoms with Crippen LogP contribution < -0.4 is 0 Å². The van der Waals surface area contributed by atoms with Gasteiger partial charge in [-0.25, -0.2) is 0 Å². The first kappa shape index (κ1) is 15.4. The maximum absolute atomic E-state index is 10.1. The van der Waals surface area contributed by atoms with Crippen molar-refractivity contribution < 1.29 is 14.6 Å². The van der Waals surface area contributed by atoms with Gasteiger partial charge in [-0.05, 0) is 19.4 Å². The van der Waals surface area contributed by atoms with Crippen molar-refractivity contribution in [1.82, 2.24) is 15.1 Å². The van der Waals surface area contributed by atoms with Gasteiger partial charge in [0, 0.05) is 38.4 Å². The van der Waals surface area contributed by atoms with Gasteiger partial charge in [0.05, 0.1) is 31.6 Å². The standard InChI is InChI=1S/C14H25N3O3/c1-11-7-13(16-15-11)8-12-9-17(10-14(12)18)3-4-20-6-5-19-2/h7,12,14,18H,3-6,8-10H2,1-2H3,(H,15,16)/t12-,14+/m1/s1. The van der Waals surface area contributed by atoms with Crippen LogP contribution >= 0.6 is 0 Å². The van der Waals surface area contributed by atoms with E-state index in [9.17, 15) is 5.11 Å². The first-order chi connectivity index (χ1) is 9.69. The molecule has 1 aliphatic rings. The van der Waals surface area contributed by atoms with Gasteiger partial charge in [0.15, 0.2) is 0 Å². The number of aromatic amines is 1. The number of likely N-dealkylation sites (tertiary alicyclic amines) is 1. The van der Waals surface area contributed by atoms with Crippen LogP contribution in [0.4, 0.5) is 0 Å². The quantitative estimate of drug-likeness (QED) is 0.668. The number of hydrogen-bond acceptors (Lipinski definition) is 5. The van der Waals surface area contributed by atoms with Gasteiger partial charge in [0.2, 0.25) is 0 Å². The van der Waals surface area contributed by atoms with Crippen LogP contribution in [0.15, 0.2) is 6.07 Å². The van der Waals surface area contributed by atoms with E-state index in [-0.39, 0.29) is 12.0 Å². The van der Waals surface area contributed by atoms with Gasteiger partial charge in [-0.2, -0.15) is 5.10 Å². The zero-order chi connectivity index (χ0) is 14.4. The van der Waals surface area contributed by atoms with E-state index in [0.29, 0.717) is 19.8 Å². The molecule has 6 heteroatoms. The first-order valence-electron chi connectivity index (χ1n) is 7.17. The highest BCUT2D eigenvalue weighted by atomic mass is 16.5. The Morgan fingerprint density at radius 3 is 2.95 bits per heavy atom. The number of methoxy groups -OCH3 is 1. The van der Waals surface area contributed by atoms with Crippen molar-refractivity contribution in [2.45, 2.75) is 19.4 Å². The molecule has 1 fully saturated rings. The second-order valence-electron chi connectivity index (χ2n) is 5.44. The van der Waals surface area contributed by atoms with Crippen molar-refractivity contribution in [3.63, 3.8) is 0 Å². The molecule has 1 aromatic heterocycles. The summed E-state index contributed by atoms with van der Waals surface area (Å²) in [7, 11) is 1.67. The molecular formula is C14H25N3O3. The fraction of sp³-hybridized carbons (Fsp3) is 0.786.